The van der Waals surface area contributed by atoms with Crippen molar-refractivity contribution < 1.29 is 8.42 Å². The lowest BCUT2D eigenvalue weighted by atomic mass is 10.1. The summed E-state index contributed by atoms with van der Waals surface area (Å²) in [5, 5.41) is 0. The summed E-state index contributed by atoms with van der Waals surface area (Å²) >= 11 is 0. The summed E-state index contributed by atoms with van der Waals surface area (Å²) in [4.78, 5) is 4.82. The number of nitrogens with one attached hydrogen (secondary N) is 1. The number of anilines is 1. The second-order valence-corrected chi connectivity index (χ2v) is 9.53. The van der Waals surface area contributed by atoms with Crippen molar-refractivity contribution in [2.24, 2.45) is 0 Å². The van der Waals surface area contributed by atoms with Gasteiger partial charge in [-0.3, -0.25) is 4.90 Å². The lowest BCUT2D eigenvalue weighted by Crippen LogP contribution is -2.37. The van der Waals surface area contributed by atoms with E-state index in [2.05, 4.69) is 38.8 Å². The Bertz CT molecular complexity index is 902. The Hall–Kier alpha value is -1.89. The van der Waals surface area contributed by atoms with Gasteiger partial charge in [-0.2, -0.15) is 0 Å². The smallest absolute Gasteiger partial charge is 0.240 e. The largest absolute Gasteiger partial charge is 0.378 e. The monoisotopic (exact) mass is 401 g/mol. The van der Waals surface area contributed by atoms with Crippen LogP contribution in [0.25, 0.3) is 0 Å². The minimum Gasteiger partial charge on any atom is -0.378 e. The molecule has 1 fully saturated rings. The van der Waals surface area contributed by atoms with E-state index in [1.807, 2.05) is 34.0 Å². The van der Waals surface area contributed by atoms with Gasteiger partial charge in [-0.1, -0.05) is 24.3 Å². The van der Waals surface area contributed by atoms with Gasteiger partial charge in [-0.05, 0) is 74.7 Å². The SMILES string of the molecule is Cc1cccc(S(=O)(=O)NC[C@H](c2ccc(N(C)C)cc2)N2CCCC2)c1C. The van der Waals surface area contributed by atoms with E-state index < -0.39 is 10.0 Å². The zero-order valence-corrected chi connectivity index (χ0v) is 18.1. The van der Waals surface area contributed by atoms with Gasteiger partial charge >= 0.3 is 0 Å². The minimum absolute atomic E-state index is 0.0404. The molecule has 1 saturated heterocycles. The summed E-state index contributed by atoms with van der Waals surface area (Å²) in [6.07, 6.45) is 2.33. The molecule has 0 bridgehead atoms. The molecule has 152 valence electrons. The van der Waals surface area contributed by atoms with E-state index in [-0.39, 0.29) is 6.04 Å². The molecule has 0 radical (unpaired) electrons. The summed E-state index contributed by atoms with van der Waals surface area (Å²) in [7, 11) is 0.486. The summed E-state index contributed by atoms with van der Waals surface area (Å²) in [5.74, 6) is 0. The number of hydrogen-bond acceptors (Lipinski definition) is 4. The Labute approximate surface area is 169 Å². The van der Waals surface area contributed by atoms with Gasteiger partial charge < -0.3 is 4.90 Å². The fourth-order valence-electron chi connectivity index (χ4n) is 3.79. The summed E-state index contributed by atoms with van der Waals surface area (Å²) in [6.45, 7) is 6.18. The highest BCUT2D eigenvalue weighted by Gasteiger charge is 2.26. The molecule has 0 aliphatic carbocycles. The van der Waals surface area contributed by atoms with Gasteiger partial charge in [-0.15, -0.1) is 0 Å². The lowest BCUT2D eigenvalue weighted by molar-refractivity contribution is 0.246. The third-order valence-electron chi connectivity index (χ3n) is 5.69. The van der Waals surface area contributed by atoms with Gasteiger partial charge in [0.05, 0.1) is 4.90 Å². The van der Waals surface area contributed by atoms with E-state index in [4.69, 9.17) is 0 Å². The van der Waals surface area contributed by atoms with E-state index in [9.17, 15) is 8.42 Å². The summed E-state index contributed by atoms with van der Waals surface area (Å²) < 4.78 is 28.8. The molecule has 2 aromatic rings. The molecule has 0 aromatic heterocycles. The van der Waals surface area contributed by atoms with Gasteiger partial charge in [0.2, 0.25) is 10.0 Å². The number of rotatable bonds is 7. The maximum absolute atomic E-state index is 13.0. The Morgan fingerprint density at radius 1 is 1.04 bits per heavy atom. The van der Waals surface area contributed by atoms with E-state index in [1.54, 1.807) is 12.1 Å². The standard InChI is InChI=1S/C22H31N3O2S/c1-17-8-7-9-22(18(17)2)28(26,27)23-16-21(25-14-5-6-15-25)19-10-12-20(13-11-19)24(3)4/h7-13,21,23H,5-6,14-16H2,1-4H3/t21-/m1/s1. The van der Waals surface area contributed by atoms with Crippen molar-refractivity contribution in [3.8, 4) is 0 Å². The van der Waals surface area contributed by atoms with Gasteiger partial charge in [0.25, 0.3) is 0 Å². The average Bonchev–Trinajstić information content (AvgIpc) is 3.18. The maximum Gasteiger partial charge on any atom is 0.240 e. The summed E-state index contributed by atoms with van der Waals surface area (Å²) in [5.41, 5.74) is 4.08. The molecule has 1 aliphatic heterocycles. The van der Waals surface area contributed by atoms with Gasteiger partial charge in [-0.25, -0.2) is 13.1 Å². The van der Waals surface area contributed by atoms with Crippen molar-refractivity contribution >= 4 is 15.7 Å². The van der Waals surface area contributed by atoms with E-state index in [1.165, 1.54) is 0 Å². The Kier molecular flexibility index (Phi) is 6.43. The number of benzene rings is 2. The summed E-state index contributed by atoms with van der Waals surface area (Å²) in [6, 6.07) is 13.9. The van der Waals surface area contributed by atoms with Crippen molar-refractivity contribution in [3.05, 3.63) is 59.2 Å². The quantitative estimate of drug-likeness (QED) is 0.772. The van der Waals surface area contributed by atoms with Crippen LogP contribution in [0.2, 0.25) is 0 Å². The Balaban J connectivity index is 1.83. The molecule has 5 nitrogen and oxygen atoms in total. The maximum atomic E-state index is 13.0. The van der Waals surface area contributed by atoms with Crippen LogP contribution in [0.1, 0.15) is 35.6 Å². The predicted molar refractivity (Wildman–Crippen MR) is 115 cm³/mol. The van der Waals surface area contributed by atoms with Crippen molar-refractivity contribution in [2.45, 2.75) is 37.6 Å². The molecule has 28 heavy (non-hydrogen) atoms. The topological polar surface area (TPSA) is 52.7 Å². The van der Waals surface area contributed by atoms with Crippen molar-refractivity contribution in [1.82, 2.24) is 9.62 Å². The number of likely N-dealkylation sites (tertiary alicyclic amines) is 1. The first kappa shape index (κ1) is 20.8. The lowest BCUT2D eigenvalue weighted by Gasteiger charge is -2.28. The van der Waals surface area contributed by atoms with Crippen LogP contribution < -0.4 is 9.62 Å². The fourth-order valence-corrected chi connectivity index (χ4v) is 5.14. The Morgan fingerprint density at radius 3 is 2.29 bits per heavy atom. The predicted octanol–water partition coefficient (Wildman–Crippen LogP) is 3.48. The molecule has 6 heteroatoms. The van der Waals surface area contributed by atoms with Crippen LogP contribution in [0.5, 0.6) is 0 Å². The van der Waals surface area contributed by atoms with Gasteiger partial charge in [0.1, 0.15) is 0 Å². The third kappa shape index (κ3) is 4.57. The van der Waals surface area contributed by atoms with E-state index >= 15 is 0 Å². The molecule has 3 rings (SSSR count). The molecule has 1 aliphatic rings. The van der Waals surface area contributed by atoms with Gasteiger partial charge in [0.15, 0.2) is 0 Å². The van der Waals surface area contributed by atoms with Crippen LogP contribution >= 0.6 is 0 Å². The molecule has 2 aromatic carbocycles. The highest BCUT2D eigenvalue weighted by molar-refractivity contribution is 7.89. The molecule has 0 saturated carbocycles. The van der Waals surface area contributed by atoms with Crippen LogP contribution in [0.4, 0.5) is 5.69 Å². The first-order valence-corrected chi connectivity index (χ1v) is 11.3. The van der Waals surface area contributed by atoms with Crippen LogP contribution in [-0.4, -0.2) is 47.0 Å². The van der Waals surface area contributed by atoms with E-state index in [0.29, 0.717) is 11.4 Å². The molecule has 0 amide bonds. The molecular formula is C22H31N3O2S. The van der Waals surface area contributed by atoms with Crippen molar-refractivity contribution in [2.75, 3.05) is 38.6 Å². The van der Waals surface area contributed by atoms with Crippen molar-refractivity contribution in [3.63, 3.8) is 0 Å². The normalized spacial score (nSPS) is 16.3. The van der Waals surface area contributed by atoms with Crippen LogP contribution in [0.3, 0.4) is 0 Å². The second kappa shape index (κ2) is 8.64. The second-order valence-electron chi connectivity index (χ2n) is 7.79. The number of nitrogens with zero attached hydrogens (tertiary/aromatic N) is 2. The molecule has 1 heterocycles. The van der Waals surface area contributed by atoms with E-state index in [0.717, 1.165) is 48.3 Å². The van der Waals surface area contributed by atoms with Crippen molar-refractivity contribution in [1.29, 1.82) is 0 Å². The van der Waals surface area contributed by atoms with Crippen LogP contribution in [0, 0.1) is 13.8 Å². The third-order valence-corrected chi connectivity index (χ3v) is 7.25. The van der Waals surface area contributed by atoms with Crippen LogP contribution in [0.15, 0.2) is 47.4 Å². The minimum atomic E-state index is -3.55. The fraction of sp³-hybridized carbons (Fsp3) is 0.455. The molecule has 0 unspecified atom stereocenters. The molecular weight excluding hydrogens is 370 g/mol. The highest BCUT2D eigenvalue weighted by Crippen LogP contribution is 2.27. The zero-order valence-electron chi connectivity index (χ0n) is 17.3. The Morgan fingerprint density at radius 2 is 1.68 bits per heavy atom. The molecule has 1 atom stereocenters. The van der Waals surface area contributed by atoms with Crippen LogP contribution in [-0.2, 0) is 10.0 Å². The molecule has 1 N–H and O–H groups in total. The zero-order chi connectivity index (χ0) is 20.3. The average molecular weight is 402 g/mol. The highest BCUT2D eigenvalue weighted by atomic mass is 32.2. The number of sulfonamides is 1. The number of hydrogen-bond donors (Lipinski definition) is 1. The first-order valence-electron chi connectivity index (χ1n) is 9.87. The first-order chi connectivity index (χ1) is 13.3. The van der Waals surface area contributed by atoms with Gasteiger partial charge in [0, 0.05) is 32.4 Å². The molecule has 0 spiro atoms. The number of aryl methyl sites for hydroxylation is 1.